The van der Waals surface area contributed by atoms with Crippen molar-refractivity contribution in [3.63, 3.8) is 0 Å². The van der Waals surface area contributed by atoms with Gasteiger partial charge in [0.05, 0.1) is 18.8 Å². The summed E-state index contributed by atoms with van der Waals surface area (Å²) in [6.07, 6.45) is 2.57. The Morgan fingerprint density at radius 3 is 2.24 bits per heavy atom. The van der Waals surface area contributed by atoms with Crippen molar-refractivity contribution in [3.8, 4) is 0 Å². The number of nitrogens with zero attached hydrogens (tertiary/aromatic N) is 1. The van der Waals surface area contributed by atoms with Crippen LogP contribution in [0, 0.1) is 0 Å². The molecule has 0 aromatic rings. The third-order valence-electron chi connectivity index (χ3n) is 3.36. The van der Waals surface area contributed by atoms with Crippen molar-refractivity contribution in [2.45, 2.75) is 58.8 Å². The van der Waals surface area contributed by atoms with Gasteiger partial charge in [-0.2, -0.15) is 0 Å². The number of carbonyl (C=O) groups is 1. The smallest absolute Gasteiger partial charge is 0.236 e. The number of nitrogens with one attached hydrogen (secondary N) is 1. The van der Waals surface area contributed by atoms with E-state index in [-0.39, 0.29) is 5.91 Å². The lowest BCUT2D eigenvalue weighted by Gasteiger charge is -2.33. The Bertz CT molecular complexity index is 232. The van der Waals surface area contributed by atoms with Gasteiger partial charge in [0.15, 0.2) is 0 Å². The minimum atomic E-state index is 0.196. The summed E-state index contributed by atoms with van der Waals surface area (Å²) >= 11 is 0. The Kier molecular flexibility index (Phi) is 5.92. The van der Waals surface area contributed by atoms with Gasteiger partial charge in [-0.3, -0.25) is 4.79 Å². The summed E-state index contributed by atoms with van der Waals surface area (Å²) in [4.78, 5) is 13.7. The van der Waals surface area contributed by atoms with Crippen LogP contribution in [-0.4, -0.2) is 48.7 Å². The van der Waals surface area contributed by atoms with Crippen LogP contribution < -0.4 is 5.32 Å². The molecule has 0 aliphatic carbocycles. The molecule has 0 bridgehead atoms. The average molecular weight is 242 g/mol. The van der Waals surface area contributed by atoms with E-state index in [9.17, 15) is 4.79 Å². The number of hydrogen-bond donors (Lipinski definition) is 1. The number of ether oxygens (including phenoxy) is 1. The third kappa shape index (κ3) is 4.64. The summed E-state index contributed by atoms with van der Waals surface area (Å²) in [5, 5.41) is 3.36. The van der Waals surface area contributed by atoms with Crippen LogP contribution in [0.1, 0.15) is 40.5 Å². The molecule has 0 aromatic heterocycles. The molecule has 0 spiro atoms. The Balaban J connectivity index is 2.32. The van der Waals surface area contributed by atoms with Gasteiger partial charge in [-0.1, -0.05) is 0 Å². The molecule has 100 valence electrons. The largest absolute Gasteiger partial charge is 0.375 e. The summed E-state index contributed by atoms with van der Waals surface area (Å²) in [7, 11) is 0. The molecule has 17 heavy (non-hydrogen) atoms. The van der Waals surface area contributed by atoms with Gasteiger partial charge in [-0.25, -0.2) is 0 Å². The molecule has 2 atom stereocenters. The standard InChI is InChI=1S/C13H26N2O2/c1-5-15(6-2)13(16)9-14-12-7-10(3)17-11(4)8-12/h10-12,14H,5-9H2,1-4H3. The lowest BCUT2D eigenvalue weighted by atomic mass is 10.00. The average Bonchev–Trinajstić information content (AvgIpc) is 2.27. The topological polar surface area (TPSA) is 41.6 Å². The van der Waals surface area contributed by atoms with Crippen molar-refractivity contribution >= 4 is 5.91 Å². The molecule has 0 saturated carbocycles. The van der Waals surface area contributed by atoms with Gasteiger partial charge in [0, 0.05) is 19.1 Å². The Hall–Kier alpha value is -0.610. The number of amides is 1. The zero-order valence-corrected chi connectivity index (χ0v) is 11.5. The molecule has 1 amide bonds. The zero-order valence-electron chi connectivity index (χ0n) is 11.5. The zero-order chi connectivity index (χ0) is 12.8. The second-order valence-electron chi connectivity index (χ2n) is 4.87. The van der Waals surface area contributed by atoms with E-state index in [1.165, 1.54) is 0 Å². The van der Waals surface area contributed by atoms with E-state index in [1.807, 2.05) is 18.7 Å². The Morgan fingerprint density at radius 2 is 1.76 bits per heavy atom. The fourth-order valence-corrected chi connectivity index (χ4v) is 2.49. The lowest BCUT2D eigenvalue weighted by molar-refractivity contribution is -0.130. The van der Waals surface area contributed by atoms with Crippen LogP contribution in [0.4, 0.5) is 0 Å². The second-order valence-corrected chi connectivity index (χ2v) is 4.87. The molecule has 1 aliphatic rings. The van der Waals surface area contributed by atoms with E-state index in [0.29, 0.717) is 24.8 Å². The van der Waals surface area contributed by atoms with Gasteiger partial charge in [-0.05, 0) is 40.5 Å². The predicted molar refractivity (Wildman–Crippen MR) is 69.0 cm³/mol. The van der Waals surface area contributed by atoms with Crippen LogP contribution in [0.2, 0.25) is 0 Å². The number of likely N-dealkylation sites (N-methyl/N-ethyl adjacent to an activating group) is 1. The van der Waals surface area contributed by atoms with E-state index < -0.39 is 0 Å². The highest BCUT2D eigenvalue weighted by Gasteiger charge is 2.24. The molecule has 0 aromatic carbocycles. The summed E-state index contributed by atoms with van der Waals surface area (Å²) in [6, 6.07) is 0.410. The molecule has 2 unspecified atom stereocenters. The van der Waals surface area contributed by atoms with Crippen molar-refractivity contribution in [2.24, 2.45) is 0 Å². The molecule has 1 fully saturated rings. The van der Waals surface area contributed by atoms with Crippen molar-refractivity contribution in [1.82, 2.24) is 10.2 Å². The van der Waals surface area contributed by atoms with Crippen LogP contribution in [0.3, 0.4) is 0 Å². The van der Waals surface area contributed by atoms with Crippen molar-refractivity contribution in [2.75, 3.05) is 19.6 Å². The molecular formula is C13H26N2O2. The van der Waals surface area contributed by atoms with Gasteiger partial charge in [0.25, 0.3) is 0 Å². The number of rotatable bonds is 5. The molecule has 0 radical (unpaired) electrons. The maximum absolute atomic E-state index is 11.8. The second kappa shape index (κ2) is 6.97. The number of hydrogen-bond acceptors (Lipinski definition) is 3. The molecule has 4 nitrogen and oxygen atoms in total. The molecular weight excluding hydrogens is 216 g/mol. The SMILES string of the molecule is CCN(CC)C(=O)CNC1CC(C)OC(C)C1. The first kappa shape index (κ1) is 14.5. The molecule has 1 rings (SSSR count). The number of carbonyl (C=O) groups excluding carboxylic acids is 1. The molecule has 1 saturated heterocycles. The van der Waals surface area contributed by atoms with Crippen LogP contribution in [0.25, 0.3) is 0 Å². The first-order valence-electron chi connectivity index (χ1n) is 6.73. The van der Waals surface area contributed by atoms with Crippen LogP contribution in [-0.2, 0) is 9.53 Å². The van der Waals surface area contributed by atoms with E-state index in [0.717, 1.165) is 25.9 Å². The fourth-order valence-electron chi connectivity index (χ4n) is 2.49. The van der Waals surface area contributed by atoms with Crippen LogP contribution in [0.15, 0.2) is 0 Å². The molecule has 1 aliphatic heterocycles. The highest BCUT2D eigenvalue weighted by Crippen LogP contribution is 2.18. The first-order chi connectivity index (χ1) is 8.06. The summed E-state index contributed by atoms with van der Waals surface area (Å²) in [5.41, 5.74) is 0. The summed E-state index contributed by atoms with van der Waals surface area (Å²) < 4.78 is 5.68. The predicted octanol–water partition coefficient (Wildman–Crippen LogP) is 1.40. The molecule has 1 heterocycles. The van der Waals surface area contributed by atoms with E-state index in [4.69, 9.17) is 4.74 Å². The quantitative estimate of drug-likeness (QED) is 0.792. The van der Waals surface area contributed by atoms with Crippen LogP contribution >= 0.6 is 0 Å². The molecule has 1 N–H and O–H groups in total. The fraction of sp³-hybridized carbons (Fsp3) is 0.923. The maximum atomic E-state index is 11.8. The van der Waals surface area contributed by atoms with Crippen molar-refractivity contribution < 1.29 is 9.53 Å². The van der Waals surface area contributed by atoms with Gasteiger partial charge in [-0.15, -0.1) is 0 Å². The monoisotopic (exact) mass is 242 g/mol. The Morgan fingerprint density at radius 1 is 1.24 bits per heavy atom. The van der Waals surface area contributed by atoms with Gasteiger partial charge < -0.3 is 15.0 Å². The van der Waals surface area contributed by atoms with Gasteiger partial charge in [0.1, 0.15) is 0 Å². The highest BCUT2D eigenvalue weighted by atomic mass is 16.5. The van der Waals surface area contributed by atoms with Crippen molar-refractivity contribution in [3.05, 3.63) is 0 Å². The van der Waals surface area contributed by atoms with Crippen molar-refractivity contribution in [1.29, 1.82) is 0 Å². The minimum absolute atomic E-state index is 0.196. The highest BCUT2D eigenvalue weighted by molar-refractivity contribution is 5.78. The van der Waals surface area contributed by atoms with Crippen LogP contribution in [0.5, 0.6) is 0 Å². The lowest BCUT2D eigenvalue weighted by Crippen LogP contribution is -2.46. The minimum Gasteiger partial charge on any atom is -0.375 e. The third-order valence-corrected chi connectivity index (χ3v) is 3.36. The normalized spacial score (nSPS) is 29.1. The molecule has 4 heteroatoms. The summed E-state index contributed by atoms with van der Waals surface area (Å²) in [6.45, 7) is 10.2. The van der Waals surface area contributed by atoms with E-state index in [1.54, 1.807) is 0 Å². The van der Waals surface area contributed by atoms with E-state index in [2.05, 4.69) is 19.2 Å². The maximum Gasteiger partial charge on any atom is 0.236 e. The first-order valence-corrected chi connectivity index (χ1v) is 6.73. The van der Waals surface area contributed by atoms with Gasteiger partial charge in [0.2, 0.25) is 5.91 Å². The van der Waals surface area contributed by atoms with E-state index >= 15 is 0 Å². The van der Waals surface area contributed by atoms with Gasteiger partial charge >= 0.3 is 0 Å². The summed E-state index contributed by atoms with van der Waals surface area (Å²) in [5.74, 6) is 0.196. The Labute approximate surface area is 105 Å².